The minimum Gasteiger partial charge on any atom is -0.508 e. The van der Waals surface area contributed by atoms with E-state index in [1.54, 1.807) is 12.1 Å². The van der Waals surface area contributed by atoms with Crippen LogP contribution < -0.4 is 0 Å². The maximum atomic E-state index is 13.2. The third kappa shape index (κ3) is 3.88. The van der Waals surface area contributed by atoms with E-state index < -0.39 is 11.0 Å². The summed E-state index contributed by atoms with van der Waals surface area (Å²) in [7, 11) is 3.92. The van der Waals surface area contributed by atoms with Crippen molar-refractivity contribution in [1.82, 2.24) is 9.80 Å². The molecule has 1 aliphatic carbocycles. The highest BCUT2D eigenvalue weighted by atomic mass is 16.6. The number of fused-ring (bicyclic) bond motifs is 1. The van der Waals surface area contributed by atoms with E-state index in [0.29, 0.717) is 24.9 Å². The highest BCUT2D eigenvalue weighted by Gasteiger charge is 2.61. The largest absolute Gasteiger partial charge is 0.508 e. The van der Waals surface area contributed by atoms with Crippen molar-refractivity contribution in [2.45, 2.75) is 49.7 Å². The summed E-state index contributed by atoms with van der Waals surface area (Å²) in [5, 5.41) is 10.3. The van der Waals surface area contributed by atoms with E-state index in [-0.39, 0.29) is 23.7 Å². The quantitative estimate of drug-likeness (QED) is 0.742. The number of aromatic hydroxyl groups is 1. The third-order valence-electron chi connectivity index (χ3n) is 7.41. The van der Waals surface area contributed by atoms with Crippen molar-refractivity contribution in [2.24, 2.45) is 0 Å². The Bertz CT molecular complexity index is 994. The van der Waals surface area contributed by atoms with Gasteiger partial charge < -0.3 is 19.6 Å². The Morgan fingerprint density at radius 3 is 2.56 bits per heavy atom. The van der Waals surface area contributed by atoms with Gasteiger partial charge in [0.2, 0.25) is 0 Å². The number of hydrogen-bond acceptors (Lipinski definition) is 5. The Labute approximate surface area is 189 Å². The molecule has 1 amide bonds. The van der Waals surface area contributed by atoms with Crippen LogP contribution in [0.2, 0.25) is 0 Å². The maximum absolute atomic E-state index is 13.2. The van der Waals surface area contributed by atoms with E-state index in [1.165, 1.54) is 6.92 Å². The Kier molecular flexibility index (Phi) is 5.99. The van der Waals surface area contributed by atoms with Crippen LogP contribution >= 0.6 is 0 Å². The number of hydrogen-bond donors (Lipinski definition) is 1. The summed E-state index contributed by atoms with van der Waals surface area (Å²) in [4.78, 5) is 29.5. The van der Waals surface area contributed by atoms with Crippen molar-refractivity contribution in [3.63, 3.8) is 0 Å². The summed E-state index contributed by atoms with van der Waals surface area (Å²) in [5.74, 6) is -0.102. The lowest BCUT2D eigenvalue weighted by Gasteiger charge is -2.59. The fraction of sp³-hybridized carbons (Fsp3) is 0.462. The summed E-state index contributed by atoms with van der Waals surface area (Å²) in [6, 6.07) is 16.6. The Morgan fingerprint density at radius 2 is 1.88 bits per heavy atom. The molecule has 1 heterocycles. The second kappa shape index (κ2) is 8.58. The molecule has 0 unspecified atom stereocenters. The molecule has 6 nitrogen and oxygen atoms in total. The minimum atomic E-state index is -0.702. The first kappa shape index (κ1) is 22.3. The van der Waals surface area contributed by atoms with Crippen molar-refractivity contribution >= 4 is 11.9 Å². The third-order valence-corrected chi connectivity index (χ3v) is 7.41. The fourth-order valence-corrected chi connectivity index (χ4v) is 5.85. The summed E-state index contributed by atoms with van der Waals surface area (Å²) < 4.78 is 6.16. The van der Waals surface area contributed by atoms with Gasteiger partial charge in [-0.1, -0.05) is 30.3 Å². The van der Waals surface area contributed by atoms with Crippen LogP contribution in [0.25, 0.3) is 0 Å². The fourth-order valence-electron chi connectivity index (χ4n) is 5.85. The van der Waals surface area contributed by atoms with Gasteiger partial charge in [-0.3, -0.25) is 9.59 Å². The first-order chi connectivity index (χ1) is 15.3. The van der Waals surface area contributed by atoms with Crippen LogP contribution in [-0.4, -0.2) is 65.6 Å². The molecule has 4 rings (SSSR count). The molecule has 0 aromatic heterocycles. The number of likely N-dealkylation sites (tertiary alicyclic amines) is 1. The van der Waals surface area contributed by atoms with E-state index in [4.69, 9.17) is 4.74 Å². The average molecular weight is 437 g/mol. The number of amides is 1. The van der Waals surface area contributed by atoms with Crippen molar-refractivity contribution in [1.29, 1.82) is 0 Å². The molecule has 32 heavy (non-hydrogen) atoms. The first-order valence-electron chi connectivity index (χ1n) is 11.3. The molecule has 1 aliphatic heterocycles. The van der Waals surface area contributed by atoms with Gasteiger partial charge >= 0.3 is 5.97 Å². The summed E-state index contributed by atoms with van der Waals surface area (Å²) in [5.41, 5.74) is 0.448. The lowest BCUT2D eigenvalue weighted by atomic mass is 9.55. The number of phenolic OH excluding ortho intramolecular Hbond substituents is 1. The van der Waals surface area contributed by atoms with Crippen LogP contribution in [0.15, 0.2) is 54.6 Å². The van der Waals surface area contributed by atoms with Crippen molar-refractivity contribution < 1.29 is 19.4 Å². The number of likely N-dealkylation sites (N-methyl/N-ethyl adjacent to an activating group) is 1. The summed E-state index contributed by atoms with van der Waals surface area (Å²) in [6.07, 6.45) is 2.86. The van der Waals surface area contributed by atoms with Gasteiger partial charge in [0, 0.05) is 37.5 Å². The van der Waals surface area contributed by atoms with Gasteiger partial charge in [-0.25, -0.2) is 0 Å². The number of carbonyl (C=O) groups excluding carboxylic acids is 2. The number of benzene rings is 2. The molecule has 2 aliphatic rings. The minimum absolute atomic E-state index is 0.00264. The lowest BCUT2D eigenvalue weighted by Crippen LogP contribution is -2.68. The highest BCUT2D eigenvalue weighted by molar-refractivity contribution is 5.94. The predicted octanol–water partition coefficient (Wildman–Crippen LogP) is 3.59. The van der Waals surface area contributed by atoms with E-state index in [9.17, 15) is 14.7 Å². The van der Waals surface area contributed by atoms with E-state index in [0.717, 1.165) is 24.9 Å². The normalized spacial score (nSPS) is 27.9. The van der Waals surface area contributed by atoms with Crippen molar-refractivity contribution in [3.8, 4) is 5.75 Å². The van der Waals surface area contributed by atoms with Crippen LogP contribution in [0.1, 0.15) is 48.5 Å². The Morgan fingerprint density at radius 1 is 1.12 bits per heavy atom. The summed E-state index contributed by atoms with van der Waals surface area (Å²) >= 11 is 0. The number of nitrogens with zero attached hydrogens (tertiary/aromatic N) is 2. The number of ether oxygens (including phenoxy) is 1. The van der Waals surface area contributed by atoms with Gasteiger partial charge in [-0.2, -0.15) is 0 Å². The Balaban J connectivity index is 1.75. The zero-order valence-electron chi connectivity index (χ0n) is 19.1. The molecule has 2 aromatic carbocycles. The molecule has 0 spiro atoms. The second-order valence-corrected chi connectivity index (χ2v) is 9.39. The van der Waals surface area contributed by atoms with Gasteiger partial charge in [-0.05, 0) is 69.1 Å². The Hall–Kier alpha value is -2.86. The average Bonchev–Trinajstić information content (AvgIpc) is 2.77. The zero-order chi connectivity index (χ0) is 22.9. The standard InChI is InChI=1S/C26H32N2O4/c1-19(29)32-26-13-12-22(28(3)24(31)20-8-5-4-6-9-20)17-25(26,14-15-27(2)18-26)21-10-7-11-23(30)16-21/h4-11,16,22,30H,12-15,17-18H2,1-3H3/t22-,25-,26-/m0/s1. The molecular weight excluding hydrogens is 404 g/mol. The molecule has 1 saturated heterocycles. The maximum Gasteiger partial charge on any atom is 0.303 e. The number of phenols is 1. The van der Waals surface area contributed by atoms with Gasteiger partial charge in [0.25, 0.3) is 5.91 Å². The molecular formula is C26H32N2O4. The highest BCUT2D eigenvalue weighted by Crippen LogP contribution is 2.54. The van der Waals surface area contributed by atoms with Crippen LogP contribution in [-0.2, 0) is 14.9 Å². The zero-order valence-corrected chi connectivity index (χ0v) is 19.1. The number of rotatable bonds is 4. The second-order valence-electron chi connectivity index (χ2n) is 9.39. The molecule has 6 heteroatoms. The molecule has 2 fully saturated rings. The molecule has 3 atom stereocenters. The SMILES string of the molecule is CC(=O)O[C@]12CC[C@H](N(C)C(=O)c3ccccc3)C[C@]1(c1cccc(O)c1)CCN(C)C2. The number of piperidine rings is 1. The van der Waals surface area contributed by atoms with Crippen LogP contribution in [0, 0.1) is 0 Å². The first-order valence-corrected chi connectivity index (χ1v) is 11.3. The van der Waals surface area contributed by atoms with Gasteiger partial charge in [-0.15, -0.1) is 0 Å². The molecule has 0 radical (unpaired) electrons. The topological polar surface area (TPSA) is 70.1 Å². The lowest BCUT2D eigenvalue weighted by molar-refractivity contribution is -0.187. The summed E-state index contributed by atoms with van der Waals surface area (Å²) in [6.45, 7) is 2.95. The number of carbonyl (C=O) groups is 2. The molecule has 1 saturated carbocycles. The van der Waals surface area contributed by atoms with Gasteiger partial charge in [0.05, 0.1) is 0 Å². The van der Waals surface area contributed by atoms with Gasteiger partial charge in [0.1, 0.15) is 11.4 Å². The number of esters is 1. The smallest absolute Gasteiger partial charge is 0.303 e. The van der Waals surface area contributed by atoms with Crippen LogP contribution in [0.4, 0.5) is 0 Å². The van der Waals surface area contributed by atoms with Crippen LogP contribution in [0.5, 0.6) is 5.75 Å². The van der Waals surface area contributed by atoms with E-state index in [1.807, 2.05) is 54.4 Å². The molecule has 2 aromatic rings. The monoisotopic (exact) mass is 436 g/mol. The van der Waals surface area contributed by atoms with E-state index >= 15 is 0 Å². The molecule has 0 bridgehead atoms. The molecule has 170 valence electrons. The van der Waals surface area contributed by atoms with Gasteiger partial charge in [0.15, 0.2) is 0 Å². The van der Waals surface area contributed by atoms with Crippen LogP contribution in [0.3, 0.4) is 0 Å². The molecule has 1 N–H and O–H groups in total. The van der Waals surface area contributed by atoms with Crippen molar-refractivity contribution in [3.05, 3.63) is 65.7 Å². The van der Waals surface area contributed by atoms with Crippen molar-refractivity contribution in [2.75, 3.05) is 27.2 Å². The predicted molar refractivity (Wildman–Crippen MR) is 123 cm³/mol. The van der Waals surface area contributed by atoms with E-state index in [2.05, 4.69) is 11.9 Å².